The molecule has 1 rings (SSSR count). The predicted molar refractivity (Wildman–Crippen MR) is 118 cm³/mol. The molecule has 0 radical (unpaired) electrons. The van der Waals surface area contributed by atoms with Crippen molar-refractivity contribution in [3.8, 4) is 0 Å². The molecule has 2 N–H and O–H groups in total. The summed E-state index contributed by atoms with van der Waals surface area (Å²) in [5, 5.41) is 6.61. The maximum absolute atomic E-state index is 11.3. The fourth-order valence-electron chi connectivity index (χ4n) is 2.62. The highest BCUT2D eigenvalue weighted by molar-refractivity contribution is 14.0. The zero-order chi connectivity index (χ0) is 18.4. The van der Waals surface area contributed by atoms with E-state index in [4.69, 9.17) is 0 Å². The quantitative estimate of drug-likeness (QED) is 0.357. The van der Waals surface area contributed by atoms with Gasteiger partial charge in [-0.25, -0.2) is 8.42 Å². The number of aliphatic imine (C=N–C) groups is 1. The summed E-state index contributed by atoms with van der Waals surface area (Å²) in [7, 11) is -1.22. The normalized spacial score (nSPS) is 13.8. The third-order valence-electron chi connectivity index (χ3n) is 4.10. The molecule has 0 bridgehead atoms. The summed E-state index contributed by atoms with van der Waals surface area (Å²) in [5.41, 5.74) is 2.53. The molecule has 0 aromatic heterocycles. The van der Waals surface area contributed by atoms with Crippen LogP contribution < -0.4 is 10.6 Å². The first-order valence-electron chi connectivity index (χ1n) is 8.26. The van der Waals surface area contributed by atoms with Crippen LogP contribution in [0.3, 0.4) is 0 Å². The standard InChI is InChI=1S/C18H31N3O2S.HI/c1-14-9-7-8-10-16(14)18(3,4)13-20-17(19-5)21-15(2)11-12-24(6,22)23;/h7-10,15H,11-13H2,1-6H3,(H2,19,20,21);1H. The number of aryl methyl sites for hydroxylation is 1. The number of hydrogen-bond acceptors (Lipinski definition) is 3. The summed E-state index contributed by atoms with van der Waals surface area (Å²) in [5.74, 6) is 0.866. The molecule has 0 aliphatic carbocycles. The van der Waals surface area contributed by atoms with E-state index < -0.39 is 9.84 Å². The van der Waals surface area contributed by atoms with Gasteiger partial charge in [-0.05, 0) is 31.4 Å². The molecule has 5 nitrogen and oxygen atoms in total. The van der Waals surface area contributed by atoms with Crippen LogP contribution in [-0.4, -0.2) is 46.0 Å². The molecule has 0 saturated heterocycles. The number of benzene rings is 1. The van der Waals surface area contributed by atoms with Crippen molar-refractivity contribution in [1.29, 1.82) is 0 Å². The Morgan fingerprint density at radius 1 is 1.28 bits per heavy atom. The average molecular weight is 481 g/mol. The SMILES string of the molecule is CN=C(NCC(C)(C)c1ccccc1C)NC(C)CCS(C)(=O)=O.I. The van der Waals surface area contributed by atoms with E-state index in [1.165, 1.54) is 17.4 Å². The lowest BCUT2D eigenvalue weighted by Gasteiger charge is -2.29. The lowest BCUT2D eigenvalue weighted by Crippen LogP contribution is -2.46. The Morgan fingerprint density at radius 3 is 2.40 bits per heavy atom. The van der Waals surface area contributed by atoms with Gasteiger partial charge >= 0.3 is 0 Å². The molecule has 0 aliphatic rings. The zero-order valence-corrected chi connectivity index (χ0v) is 19.2. The summed E-state index contributed by atoms with van der Waals surface area (Å²) in [6.07, 6.45) is 1.82. The molecule has 1 aromatic rings. The van der Waals surface area contributed by atoms with Gasteiger partial charge in [0.2, 0.25) is 0 Å². The Morgan fingerprint density at radius 2 is 1.88 bits per heavy atom. The van der Waals surface area contributed by atoms with Crippen LogP contribution in [0.25, 0.3) is 0 Å². The summed E-state index contributed by atoms with van der Waals surface area (Å²) < 4.78 is 22.5. The number of sulfone groups is 1. The van der Waals surface area contributed by atoms with Crippen LogP contribution in [0.4, 0.5) is 0 Å². The Labute approximate surface area is 170 Å². The first-order chi connectivity index (χ1) is 11.0. The molecular weight excluding hydrogens is 449 g/mol. The van der Waals surface area contributed by atoms with E-state index in [-0.39, 0.29) is 41.2 Å². The average Bonchev–Trinajstić information content (AvgIpc) is 2.49. The van der Waals surface area contributed by atoms with Gasteiger partial charge < -0.3 is 10.6 Å². The molecular formula is C18H32IN3O2S. The Hall–Kier alpha value is -0.830. The smallest absolute Gasteiger partial charge is 0.191 e. The van der Waals surface area contributed by atoms with E-state index in [2.05, 4.69) is 54.6 Å². The molecule has 7 heteroatoms. The van der Waals surface area contributed by atoms with Gasteiger partial charge in [0, 0.05) is 31.3 Å². The Bertz CT molecular complexity index is 673. The highest BCUT2D eigenvalue weighted by Crippen LogP contribution is 2.25. The zero-order valence-electron chi connectivity index (χ0n) is 16.1. The van der Waals surface area contributed by atoms with Crippen molar-refractivity contribution >= 4 is 39.8 Å². The largest absolute Gasteiger partial charge is 0.356 e. The predicted octanol–water partition coefficient (Wildman–Crippen LogP) is 2.88. The number of rotatable bonds is 7. The molecule has 1 atom stereocenters. The van der Waals surface area contributed by atoms with Crippen molar-refractivity contribution in [3.05, 3.63) is 35.4 Å². The molecule has 25 heavy (non-hydrogen) atoms. The van der Waals surface area contributed by atoms with E-state index in [1.807, 2.05) is 13.0 Å². The maximum Gasteiger partial charge on any atom is 0.191 e. The van der Waals surface area contributed by atoms with Crippen LogP contribution in [-0.2, 0) is 15.3 Å². The minimum Gasteiger partial charge on any atom is -0.356 e. The lowest BCUT2D eigenvalue weighted by molar-refractivity contribution is 0.501. The van der Waals surface area contributed by atoms with Crippen LogP contribution in [0.15, 0.2) is 29.3 Å². The van der Waals surface area contributed by atoms with E-state index in [9.17, 15) is 8.42 Å². The number of nitrogens with zero attached hydrogens (tertiary/aromatic N) is 1. The summed E-state index contributed by atoms with van der Waals surface area (Å²) in [6.45, 7) is 9.21. The lowest BCUT2D eigenvalue weighted by atomic mass is 9.82. The van der Waals surface area contributed by atoms with Crippen LogP contribution in [0.2, 0.25) is 0 Å². The molecule has 0 heterocycles. The van der Waals surface area contributed by atoms with Crippen molar-refractivity contribution in [1.82, 2.24) is 10.6 Å². The van der Waals surface area contributed by atoms with E-state index in [1.54, 1.807) is 7.05 Å². The highest BCUT2D eigenvalue weighted by atomic mass is 127. The fraction of sp³-hybridized carbons (Fsp3) is 0.611. The molecule has 0 saturated carbocycles. The number of nitrogens with one attached hydrogen (secondary N) is 2. The first kappa shape index (κ1) is 24.2. The van der Waals surface area contributed by atoms with Crippen molar-refractivity contribution in [2.45, 2.75) is 45.6 Å². The monoisotopic (exact) mass is 481 g/mol. The van der Waals surface area contributed by atoms with Gasteiger partial charge in [0.1, 0.15) is 9.84 Å². The minimum atomic E-state index is -2.94. The van der Waals surface area contributed by atoms with Gasteiger partial charge in [0.25, 0.3) is 0 Å². The molecule has 0 spiro atoms. The third-order valence-corrected chi connectivity index (χ3v) is 5.08. The summed E-state index contributed by atoms with van der Waals surface area (Å²) in [4.78, 5) is 4.24. The molecule has 1 aromatic carbocycles. The second-order valence-electron chi connectivity index (χ2n) is 7.09. The summed E-state index contributed by atoms with van der Waals surface area (Å²) >= 11 is 0. The van der Waals surface area contributed by atoms with Gasteiger partial charge in [-0.2, -0.15) is 0 Å². The van der Waals surface area contributed by atoms with Crippen LogP contribution in [0.1, 0.15) is 38.3 Å². The van der Waals surface area contributed by atoms with Gasteiger partial charge in [-0.1, -0.05) is 38.1 Å². The second-order valence-corrected chi connectivity index (χ2v) is 9.35. The molecule has 144 valence electrons. The first-order valence-corrected chi connectivity index (χ1v) is 10.3. The Kier molecular flexibility index (Phi) is 10.0. The Balaban J connectivity index is 0.00000576. The number of halogens is 1. The second kappa shape index (κ2) is 10.4. The molecule has 0 amide bonds. The van der Waals surface area contributed by atoms with E-state index in [0.29, 0.717) is 12.4 Å². The molecule has 1 unspecified atom stereocenters. The van der Waals surface area contributed by atoms with Crippen LogP contribution in [0, 0.1) is 6.92 Å². The third kappa shape index (κ3) is 8.89. The van der Waals surface area contributed by atoms with E-state index in [0.717, 1.165) is 6.54 Å². The van der Waals surface area contributed by atoms with Crippen LogP contribution >= 0.6 is 24.0 Å². The highest BCUT2D eigenvalue weighted by Gasteiger charge is 2.22. The van der Waals surface area contributed by atoms with Gasteiger partial charge in [-0.3, -0.25) is 4.99 Å². The van der Waals surface area contributed by atoms with Crippen molar-refractivity contribution in [3.63, 3.8) is 0 Å². The fourth-order valence-corrected chi connectivity index (χ4v) is 3.40. The van der Waals surface area contributed by atoms with Gasteiger partial charge in [0.15, 0.2) is 5.96 Å². The minimum absolute atomic E-state index is 0. The van der Waals surface area contributed by atoms with Gasteiger partial charge in [0.05, 0.1) is 5.75 Å². The van der Waals surface area contributed by atoms with Crippen molar-refractivity contribution < 1.29 is 8.42 Å². The van der Waals surface area contributed by atoms with Gasteiger partial charge in [-0.15, -0.1) is 24.0 Å². The molecule has 0 aliphatic heterocycles. The maximum atomic E-state index is 11.3. The number of hydrogen-bond donors (Lipinski definition) is 2. The summed E-state index contributed by atoms with van der Waals surface area (Å²) in [6, 6.07) is 8.42. The van der Waals surface area contributed by atoms with E-state index >= 15 is 0 Å². The number of guanidine groups is 1. The topological polar surface area (TPSA) is 70.6 Å². The molecule has 0 fully saturated rings. The van der Waals surface area contributed by atoms with Crippen molar-refractivity contribution in [2.75, 3.05) is 25.6 Å². The van der Waals surface area contributed by atoms with Crippen LogP contribution in [0.5, 0.6) is 0 Å². The van der Waals surface area contributed by atoms with Crippen molar-refractivity contribution in [2.24, 2.45) is 4.99 Å².